The highest BCUT2D eigenvalue weighted by Gasteiger charge is 2.29. The van der Waals surface area contributed by atoms with Gasteiger partial charge in [-0.1, -0.05) is 18.2 Å². The van der Waals surface area contributed by atoms with Crippen LogP contribution in [0.3, 0.4) is 0 Å². The molecule has 0 saturated carbocycles. The molecule has 0 aliphatic heterocycles. The zero-order chi connectivity index (χ0) is 15.0. The molecular weight excluding hydrogens is 256 g/mol. The molecule has 0 spiro atoms. The van der Waals surface area contributed by atoms with Crippen molar-refractivity contribution in [3.8, 4) is 17.2 Å². The zero-order valence-corrected chi connectivity index (χ0v) is 11.4. The second kappa shape index (κ2) is 7.40. The predicted octanol–water partition coefficient (Wildman–Crippen LogP) is 3.88. The van der Waals surface area contributed by atoms with Gasteiger partial charge in [0.05, 0.1) is 0 Å². The third-order valence-electron chi connectivity index (χ3n) is 2.74. The first-order valence-corrected chi connectivity index (χ1v) is 6.26. The molecule has 2 N–H and O–H groups in total. The van der Waals surface area contributed by atoms with Crippen LogP contribution < -0.4 is 4.89 Å². The van der Waals surface area contributed by atoms with Crippen molar-refractivity contribution in [3.63, 3.8) is 0 Å². The summed E-state index contributed by atoms with van der Waals surface area (Å²) in [5.41, 5.74) is -0.646. The molecule has 1 aromatic carbocycles. The number of hydrogen-bond donors (Lipinski definition) is 2. The van der Waals surface area contributed by atoms with Crippen LogP contribution >= 0.6 is 0 Å². The van der Waals surface area contributed by atoms with Gasteiger partial charge in [-0.05, 0) is 19.3 Å². The average molecular weight is 276 g/mol. The fraction of sp³-hybridized carbons (Fsp3) is 0.250. The van der Waals surface area contributed by atoms with Crippen LogP contribution in [0.25, 0.3) is 0 Å². The van der Waals surface area contributed by atoms with Crippen molar-refractivity contribution in [1.82, 2.24) is 0 Å². The molecule has 0 unspecified atom stereocenters. The van der Waals surface area contributed by atoms with E-state index in [0.29, 0.717) is 19.3 Å². The van der Waals surface area contributed by atoms with Crippen LogP contribution in [0.5, 0.6) is 17.2 Å². The Morgan fingerprint density at radius 3 is 1.75 bits per heavy atom. The van der Waals surface area contributed by atoms with E-state index in [9.17, 15) is 10.2 Å². The molecule has 0 aromatic heterocycles. The van der Waals surface area contributed by atoms with Crippen molar-refractivity contribution in [2.75, 3.05) is 0 Å². The van der Waals surface area contributed by atoms with Gasteiger partial charge in [-0.25, -0.2) is 0 Å². The van der Waals surface area contributed by atoms with Crippen LogP contribution in [-0.4, -0.2) is 15.8 Å². The topological polar surface area (TPSA) is 58.9 Å². The van der Waals surface area contributed by atoms with Crippen molar-refractivity contribution in [2.45, 2.75) is 24.9 Å². The molecule has 0 aliphatic carbocycles. The summed E-state index contributed by atoms with van der Waals surface area (Å²) in [6.45, 7) is 11.1. The minimum Gasteiger partial charge on any atom is -0.508 e. The van der Waals surface area contributed by atoms with Gasteiger partial charge in [0, 0.05) is 18.2 Å². The van der Waals surface area contributed by atoms with Crippen LogP contribution in [-0.2, 0) is 4.89 Å². The molecule has 0 radical (unpaired) electrons. The summed E-state index contributed by atoms with van der Waals surface area (Å²) in [7, 11) is 0. The van der Waals surface area contributed by atoms with Gasteiger partial charge in [-0.15, -0.1) is 19.7 Å². The second-order valence-corrected chi connectivity index (χ2v) is 4.51. The van der Waals surface area contributed by atoms with Crippen LogP contribution in [0, 0.1) is 0 Å². The minimum atomic E-state index is -0.646. The SMILES string of the molecule is C=CCC(CC=C)(CC=C)OOc1cc(O)cc(O)c1. The van der Waals surface area contributed by atoms with E-state index in [-0.39, 0.29) is 17.2 Å². The number of phenols is 2. The van der Waals surface area contributed by atoms with Crippen molar-refractivity contribution in [2.24, 2.45) is 0 Å². The molecule has 0 heterocycles. The summed E-state index contributed by atoms with van der Waals surface area (Å²) < 4.78 is 0. The Morgan fingerprint density at radius 1 is 0.900 bits per heavy atom. The summed E-state index contributed by atoms with van der Waals surface area (Å²) in [6.07, 6.45) is 6.85. The Bertz CT molecular complexity index is 433. The molecule has 1 aromatic rings. The van der Waals surface area contributed by atoms with E-state index in [1.165, 1.54) is 18.2 Å². The second-order valence-electron chi connectivity index (χ2n) is 4.51. The number of hydrogen-bond acceptors (Lipinski definition) is 4. The van der Waals surface area contributed by atoms with Crippen molar-refractivity contribution < 1.29 is 20.0 Å². The van der Waals surface area contributed by atoms with Gasteiger partial charge >= 0.3 is 0 Å². The molecule has 0 bridgehead atoms. The lowest BCUT2D eigenvalue weighted by Gasteiger charge is -2.29. The molecule has 4 heteroatoms. The lowest BCUT2D eigenvalue weighted by Crippen LogP contribution is -2.32. The molecule has 0 fully saturated rings. The molecular formula is C16H20O4. The minimum absolute atomic E-state index is 0.106. The van der Waals surface area contributed by atoms with Crippen molar-refractivity contribution >= 4 is 0 Å². The first kappa shape index (κ1) is 15.9. The zero-order valence-electron chi connectivity index (χ0n) is 11.4. The average Bonchev–Trinajstić information content (AvgIpc) is 2.36. The Kier molecular flexibility index (Phi) is 5.87. The Hall–Kier alpha value is -2.20. The maximum absolute atomic E-state index is 9.39. The van der Waals surface area contributed by atoms with E-state index in [4.69, 9.17) is 9.78 Å². The summed E-state index contributed by atoms with van der Waals surface area (Å²) >= 11 is 0. The van der Waals surface area contributed by atoms with Gasteiger partial charge < -0.3 is 15.1 Å². The van der Waals surface area contributed by atoms with E-state index < -0.39 is 5.60 Å². The Labute approximate surface area is 119 Å². The maximum atomic E-state index is 9.39. The monoisotopic (exact) mass is 276 g/mol. The lowest BCUT2D eigenvalue weighted by molar-refractivity contribution is -0.290. The van der Waals surface area contributed by atoms with Gasteiger partial charge in [0.1, 0.15) is 17.1 Å². The number of rotatable bonds is 9. The Morgan fingerprint density at radius 2 is 1.35 bits per heavy atom. The Balaban J connectivity index is 2.85. The van der Waals surface area contributed by atoms with E-state index >= 15 is 0 Å². The van der Waals surface area contributed by atoms with E-state index in [0.717, 1.165) is 0 Å². The molecule has 0 atom stereocenters. The standard InChI is InChI=1S/C16H20O4/c1-4-7-16(8-5-2,9-6-3)20-19-15-11-13(17)10-14(18)12-15/h4-6,10-12,17-18H,1-3,7-9H2. The van der Waals surface area contributed by atoms with E-state index in [2.05, 4.69) is 19.7 Å². The van der Waals surface area contributed by atoms with Gasteiger partial charge in [0.15, 0.2) is 5.75 Å². The summed E-state index contributed by atoms with van der Waals surface area (Å²) in [4.78, 5) is 10.7. The van der Waals surface area contributed by atoms with Gasteiger partial charge in [0.2, 0.25) is 0 Å². The van der Waals surface area contributed by atoms with Crippen molar-refractivity contribution in [1.29, 1.82) is 0 Å². The molecule has 0 amide bonds. The molecule has 0 saturated heterocycles. The highest BCUT2D eigenvalue weighted by atomic mass is 17.2. The normalized spacial score (nSPS) is 10.8. The predicted molar refractivity (Wildman–Crippen MR) is 78.7 cm³/mol. The summed E-state index contributed by atoms with van der Waals surface area (Å²) in [6, 6.07) is 3.90. The maximum Gasteiger partial charge on any atom is 0.172 e. The third-order valence-corrected chi connectivity index (χ3v) is 2.74. The summed E-state index contributed by atoms with van der Waals surface area (Å²) in [5.74, 6) is -0.000198. The van der Waals surface area contributed by atoms with Crippen LogP contribution in [0.4, 0.5) is 0 Å². The molecule has 20 heavy (non-hydrogen) atoms. The first-order chi connectivity index (χ1) is 9.55. The fourth-order valence-electron chi connectivity index (χ4n) is 1.89. The molecule has 0 aliphatic rings. The third kappa shape index (κ3) is 4.48. The molecule has 1 rings (SSSR count). The summed E-state index contributed by atoms with van der Waals surface area (Å²) in [5, 5.41) is 18.8. The highest BCUT2D eigenvalue weighted by Crippen LogP contribution is 2.31. The lowest BCUT2D eigenvalue weighted by atomic mass is 9.92. The number of aromatic hydroxyl groups is 2. The fourth-order valence-corrected chi connectivity index (χ4v) is 1.89. The number of benzene rings is 1. The largest absolute Gasteiger partial charge is 0.508 e. The molecule has 108 valence electrons. The highest BCUT2D eigenvalue weighted by molar-refractivity contribution is 5.40. The van der Waals surface area contributed by atoms with E-state index in [1.807, 2.05) is 0 Å². The van der Waals surface area contributed by atoms with Gasteiger partial charge in [0.25, 0.3) is 0 Å². The molecule has 4 nitrogen and oxygen atoms in total. The van der Waals surface area contributed by atoms with Crippen molar-refractivity contribution in [3.05, 3.63) is 56.2 Å². The van der Waals surface area contributed by atoms with Crippen LogP contribution in [0.2, 0.25) is 0 Å². The quantitative estimate of drug-likeness (QED) is 0.408. The van der Waals surface area contributed by atoms with Crippen LogP contribution in [0.1, 0.15) is 19.3 Å². The number of phenolic OH excluding ortho intramolecular Hbond substituents is 2. The van der Waals surface area contributed by atoms with Gasteiger partial charge in [-0.2, -0.15) is 4.89 Å². The van der Waals surface area contributed by atoms with Gasteiger partial charge in [-0.3, -0.25) is 0 Å². The van der Waals surface area contributed by atoms with E-state index in [1.54, 1.807) is 18.2 Å². The smallest absolute Gasteiger partial charge is 0.172 e. The first-order valence-electron chi connectivity index (χ1n) is 6.26. The van der Waals surface area contributed by atoms with Crippen LogP contribution in [0.15, 0.2) is 56.2 Å².